The molecule has 0 fully saturated rings. The van der Waals surface area contributed by atoms with Gasteiger partial charge in [-0.05, 0) is 36.2 Å². The van der Waals surface area contributed by atoms with Gasteiger partial charge in [-0.25, -0.2) is 4.79 Å². The number of ether oxygens (including phenoxy) is 3. The van der Waals surface area contributed by atoms with Crippen LogP contribution in [0.2, 0.25) is 10.0 Å². The zero-order chi connectivity index (χ0) is 19.6. The lowest BCUT2D eigenvalue weighted by Crippen LogP contribution is -2.46. The predicted octanol–water partition coefficient (Wildman–Crippen LogP) is 4.08. The first-order chi connectivity index (χ1) is 12.8. The Kier molecular flexibility index (Phi) is 5.77. The van der Waals surface area contributed by atoms with E-state index in [0.717, 1.165) is 0 Å². The lowest BCUT2D eigenvalue weighted by molar-refractivity contribution is -0.137. The molecule has 0 saturated heterocycles. The van der Waals surface area contributed by atoms with E-state index >= 15 is 0 Å². The summed E-state index contributed by atoms with van der Waals surface area (Å²) in [5, 5.41) is 3.28. The van der Waals surface area contributed by atoms with Gasteiger partial charge in [0.2, 0.25) is 6.79 Å². The van der Waals surface area contributed by atoms with Gasteiger partial charge in [0.15, 0.2) is 11.5 Å². The average molecular weight is 410 g/mol. The van der Waals surface area contributed by atoms with Gasteiger partial charge in [-0.1, -0.05) is 37.0 Å². The molecule has 0 bridgehead atoms. The number of fused-ring (bicyclic) bond motifs is 1. The van der Waals surface area contributed by atoms with Crippen molar-refractivity contribution in [2.24, 2.45) is 5.92 Å². The Morgan fingerprint density at radius 1 is 1.07 bits per heavy atom. The van der Waals surface area contributed by atoms with E-state index < -0.39 is 17.9 Å². The molecule has 1 aliphatic rings. The molecule has 142 valence electrons. The van der Waals surface area contributed by atoms with Crippen LogP contribution in [0, 0.1) is 5.92 Å². The minimum atomic E-state index is -0.866. The molecule has 1 amide bonds. The molecule has 0 radical (unpaired) electrons. The number of carbonyl (C=O) groups excluding carboxylic acids is 2. The van der Waals surface area contributed by atoms with Crippen LogP contribution >= 0.6 is 23.2 Å². The lowest BCUT2D eigenvalue weighted by atomic mass is 10.0. The molecule has 0 aromatic heterocycles. The molecule has 0 saturated carbocycles. The van der Waals surface area contributed by atoms with Gasteiger partial charge in [0, 0.05) is 11.1 Å². The van der Waals surface area contributed by atoms with Crippen molar-refractivity contribution in [3.63, 3.8) is 0 Å². The highest BCUT2D eigenvalue weighted by Crippen LogP contribution is 2.35. The van der Waals surface area contributed by atoms with Crippen molar-refractivity contribution >= 4 is 35.1 Å². The maximum atomic E-state index is 12.6. The van der Waals surface area contributed by atoms with Crippen molar-refractivity contribution in [2.75, 3.05) is 6.79 Å². The Morgan fingerprint density at radius 3 is 2.52 bits per heavy atom. The summed E-state index contributed by atoms with van der Waals surface area (Å²) in [4.78, 5) is 25.1. The molecule has 0 unspecified atom stereocenters. The van der Waals surface area contributed by atoms with Gasteiger partial charge in [-0.3, -0.25) is 4.79 Å². The van der Waals surface area contributed by atoms with Crippen LogP contribution < -0.4 is 19.5 Å². The smallest absolute Gasteiger partial charge is 0.334 e. The van der Waals surface area contributed by atoms with Gasteiger partial charge >= 0.3 is 5.97 Å². The molecular weight excluding hydrogens is 393 g/mol. The third-order valence-corrected chi connectivity index (χ3v) is 4.49. The van der Waals surface area contributed by atoms with Gasteiger partial charge < -0.3 is 19.5 Å². The van der Waals surface area contributed by atoms with Crippen LogP contribution in [-0.4, -0.2) is 24.7 Å². The first-order valence-corrected chi connectivity index (χ1v) is 8.98. The molecule has 1 heterocycles. The Bertz CT molecular complexity index is 884. The Labute approximate surface area is 166 Å². The van der Waals surface area contributed by atoms with Crippen LogP contribution in [0.4, 0.5) is 0 Å². The Hall–Kier alpha value is -2.44. The fraction of sp³-hybridized carbons (Fsp3) is 0.263. The first-order valence-electron chi connectivity index (χ1n) is 8.22. The van der Waals surface area contributed by atoms with E-state index in [1.165, 1.54) is 12.1 Å². The highest BCUT2D eigenvalue weighted by molar-refractivity contribution is 6.36. The first kappa shape index (κ1) is 19.3. The van der Waals surface area contributed by atoms with Gasteiger partial charge in [0.1, 0.15) is 11.8 Å². The summed E-state index contributed by atoms with van der Waals surface area (Å²) in [7, 11) is 0. The maximum Gasteiger partial charge on any atom is 0.334 e. The lowest BCUT2D eigenvalue weighted by Gasteiger charge is -2.21. The molecule has 0 aliphatic carbocycles. The van der Waals surface area contributed by atoms with Crippen molar-refractivity contribution < 1.29 is 23.8 Å². The summed E-state index contributed by atoms with van der Waals surface area (Å²) in [5.74, 6) is 0.0924. The van der Waals surface area contributed by atoms with Crippen molar-refractivity contribution in [3.05, 3.63) is 52.0 Å². The summed E-state index contributed by atoms with van der Waals surface area (Å²) < 4.78 is 15.9. The van der Waals surface area contributed by atoms with Gasteiger partial charge in [-0.15, -0.1) is 0 Å². The van der Waals surface area contributed by atoms with Crippen molar-refractivity contribution in [3.8, 4) is 17.2 Å². The van der Waals surface area contributed by atoms with E-state index in [0.29, 0.717) is 22.3 Å². The average Bonchev–Trinajstić information content (AvgIpc) is 3.06. The Morgan fingerprint density at radius 2 is 1.81 bits per heavy atom. The zero-order valence-corrected chi connectivity index (χ0v) is 16.1. The van der Waals surface area contributed by atoms with Gasteiger partial charge in [-0.2, -0.15) is 0 Å². The van der Waals surface area contributed by atoms with Crippen molar-refractivity contribution in [1.82, 2.24) is 5.32 Å². The molecule has 2 aromatic rings. The minimum absolute atomic E-state index is 0.124. The molecule has 8 heteroatoms. The molecule has 2 aromatic carbocycles. The van der Waals surface area contributed by atoms with Crippen LogP contribution in [0.15, 0.2) is 36.4 Å². The highest BCUT2D eigenvalue weighted by Gasteiger charge is 2.28. The summed E-state index contributed by atoms with van der Waals surface area (Å²) in [5.41, 5.74) is 0.225. The summed E-state index contributed by atoms with van der Waals surface area (Å²) in [6.45, 7) is 3.73. The largest absolute Gasteiger partial charge is 0.454 e. The normalized spacial score (nSPS) is 13.4. The number of nitrogens with one attached hydrogen (secondary N) is 1. The highest BCUT2D eigenvalue weighted by atomic mass is 35.5. The van der Waals surface area contributed by atoms with Crippen molar-refractivity contribution in [1.29, 1.82) is 0 Å². The van der Waals surface area contributed by atoms with Crippen LogP contribution in [-0.2, 0) is 4.79 Å². The van der Waals surface area contributed by atoms with E-state index in [-0.39, 0.29) is 23.3 Å². The number of amides is 1. The molecule has 1 N–H and O–H groups in total. The van der Waals surface area contributed by atoms with Crippen LogP contribution in [0.5, 0.6) is 17.2 Å². The molecule has 1 atom stereocenters. The molecule has 1 aliphatic heterocycles. The molecule has 27 heavy (non-hydrogen) atoms. The number of hydrogen-bond acceptors (Lipinski definition) is 5. The summed E-state index contributed by atoms with van der Waals surface area (Å²) >= 11 is 11.9. The van der Waals surface area contributed by atoms with Crippen LogP contribution in [0.25, 0.3) is 0 Å². The fourth-order valence-electron chi connectivity index (χ4n) is 2.51. The second kappa shape index (κ2) is 8.06. The topological polar surface area (TPSA) is 73.9 Å². The second-order valence-corrected chi connectivity index (χ2v) is 7.10. The number of benzene rings is 2. The Balaban J connectivity index is 1.72. The van der Waals surface area contributed by atoms with E-state index in [2.05, 4.69) is 5.32 Å². The SMILES string of the molecule is CC(C)[C@H](NC(=O)c1ccc(Cl)cc1Cl)C(=O)Oc1ccc2c(c1)OCO2. The number of carbonyl (C=O) groups is 2. The summed E-state index contributed by atoms with van der Waals surface area (Å²) in [6.07, 6.45) is 0. The predicted molar refractivity (Wildman–Crippen MR) is 101 cm³/mol. The van der Waals surface area contributed by atoms with E-state index in [4.69, 9.17) is 37.4 Å². The van der Waals surface area contributed by atoms with E-state index in [9.17, 15) is 9.59 Å². The van der Waals surface area contributed by atoms with Gasteiger partial charge in [0.25, 0.3) is 5.91 Å². The third-order valence-electron chi connectivity index (χ3n) is 3.95. The van der Waals surface area contributed by atoms with E-state index in [1.807, 2.05) is 0 Å². The quantitative estimate of drug-likeness (QED) is 0.594. The van der Waals surface area contributed by atoms with Crippen molar-refractivity contribution in [2.45, 2.75) is 19.9 Å². The van der Waals surface area contributed by atoms with E-state index in [1.54, 1.807) is 38.1 Å². The maximum absolute atomic E-state index is 12.6. The number of esters is 1. The van der Waals surface area contributed by atoms with Gasteiger partial charge in [0.05, 0.1) is 10.6 Å². The monoisotopic (exact) mass is 409 g/mol. The molecular formula is C19H17Cl2NO5. The number of rotatable bonds is 5. The molecule has 6 nitrogen and oxygen atoms in total. The zero-order valence-electron chi connectivity index (χ0n) is 14.6. The third kappa shape index (κ3) is 4.46. The summed E-state index contributed by atoms with van der Waals surface area (Å²) in [6, 6.07) is 8.47. The molecule has 3 rings (SSSR count). The molecule has 0 spiro atoms. The van der Waals surface area contributed by atoms with Crippen LogP contribution in [0.3, 0.4) is 0 Å². The number of hydrogen-bond donors (Lipinski definition) is 1. The van der Waals surface area contributed by atoms with Crippen LogP contribution in [0.1, 0.15) is 24.2 Å². The standard InChI is InChI=1S/C19H17Cl2NO5/c1-10(2)17(22-18(23)13-5-3-11(20)7-14(13)21)19(24)27-12-4-6-15-16(8-12)26-9-25-15/h3-8,10,17H,9H2,1-2H3,(H,22,23)/t17-/m0/s1. The second-order valence-electron chi connectivity index (χ2n) is 6.26. The number of halogens is 2. The fourth-order valence-corrected chi connectivity index (χ4v) is 3.00. The minimum Gasteiger partial charge on any atom is -0.454 e.